The molecule has 5 nitrogen and oxygen atoms in total. The number of nitrogens with zero attached hydrogens (tertiary/aromatic N) is 1. The maximum Gasteiger partial charge on any atom is 0.248 e. The van der Waals surface area contributed by atoms with E-state index < -0.39 is 0 Å². The molecule has 1 amide bonds. The van der Waals surface area contributed by atoms with Gasteiger partial charge < -0.3 is 14.4 Å². The molecule has 1 heterocycles. The molecule has 0 atom stereocenters. The second-order valence-corrected chi connectivity index (χ2v) is 4.89. The van der Waals surface area contributed by atoms with Crippen molar-refractivity contribution in [2.45, 2.75) is 0 Å². The van der Waals surface area contributed by atoms with Gasteiger partial charge in [0.05, 0.1) is 25.4 Å². The molecule has 0 aromatic heterocycles. The summed E-state index contributed by atoms with van der Waals surface area (Å²) in [6.45, 7) is 2.03. The number of hydrogen-bond donors (Lipinski definition) is 0. The Morgan fingerprint density at radius 3 is 2.43 bits per heavy atom. The summed E-state index contributed by atoms with van der Waals surface area (Å²) >= 11 is 5.96. The number of carbonyl (C=O) groups is 2. The molecule has 1 aliphatic heterocycles. The monoisotopic (exact) mass is 309 g/mol. The summed E-state index contributed by atoms with van der Waals surface area (Å²) in [6, 6.07) is 6.55. The van der Waals surface area contributed by atoms with Gasteiger partial charge in [0, 0.05) is 24.7 Å². The molecular formula is C15H16ClNO4. The van der Waals surface area contributed by atoms with Gasteiger partial charge in [-0.15, -0.1) is 0 Å². The van der Waals surface area contributed by atoms with E-state index in [0.29, 0.717) is 37.6 Å². The van der Waals surface area contributed by atoms with E-state index in [1.54, 1.807) is 36.3 Å². The molecule has 0 radical (unpaired) electrons. The first-order chi connectivity index (χ1) is 10.1. The van der Waals surface area contributed by atoms with Crippen LogP contribution in [-0.2, 0) is 9.53 Å². The van der Waals surface area contributed by atoms with Gasteiger partial charge in [-0.1, -0.05) is 11.6 Å². The third-order valence-corrected chi connectivity index (χ3v) is 3.42. The molecule has 1 aromatic carbocycles. The lowest BCUT2D eigenvalue weighted by molar-refractivity contribution is -0.130. The Morgan fingerprint density at radius 1 is 1.24 bits per heavy atom. The van der Waals surface area contributed by atoms with E-state index in [2.05, 4.69) is 0 Å². The molecule has 1 aliphatic rings. The van der Waals surface area contributed by atoms with Gasteiger partial charge in [0.1, 0.15) is 5.75 Å². The number of rotatable bonds is 4. The van der Waals surface area contributed by atoms with Crippen LogP contribution in [0.5, 0.6) is 5.75 Å². The van der Waals surface area contributed by atoms with E-state index in [1.807, 2.05) is 0 Å². The molecule has 21 heavy (non-hydrogen) atoms. The molecule has 2 rings (SSSR count). The first-order valence-corrected chi connectivity index (χ1v) is 6.92. The second kappa shape index (κ2) is 7.24. The van der Waals surface area contributed by atoms with Crippen molar-refractivity contribution < 1.29 is 19.1 Å². The van der Waals surface area contributed by atoms with Crippen LogP contribution in [0.15, 0.2) is 35.4 Å². The van der Waals surface area contributed by atoms with Crippen LogP contribution in [0.4, 0.5) is 0 Å². The van der Waals surface area contributed by atoms with E-state index in [9.17, 15) is 9.59 Å². The molecule has 0 N–H and O–H groups in total. The van der Waals surface area contributed by atoms with Gasteiger partial charge in [0.15, 0.2) is 0 Å². The highest BCUT2D eigenvalue weighted by Crippen LogP contribution is 2.17. The summed E-state index contributed by atoms with van der Waals surface area (Å²) in [5.41, 5.74) is 0.409. The highest BCUT2D eigenvalue weighted by atomic mass is 35.5. The van der Waals surface area contributed by atoms with Crippen LogP contribution < -0.4 is 4.74 Å². The Balaban J connectivity index is 2.06. The van der Waals surface area contributed by atoms with Gasteiger partial charge in [0.25, 0.3) is 0 Å². The number of carbonyl (C=O) groups excluding carboxylic acids is 2. The molecule has 1 saturated heterocycles. The van der Waals surface area contributed by atoms with Crippen LogP contribution in [0.25, 0.3) is 0 Å². The predicted octanol–water partition coefficient (Wildman–Crippen LogP) is 1.86. The summed E-state index contributed by atoms with van der Waals surface area (Å²) in [7, 11) is 1.55. The lowest BCUT2D eigenvalue weighted by Gasteiger charge is -2.25. The summed E-state index contributed by atoms with van der Waals surface area (Å²) in [5, 5.41) is -0.100. The predicted molar refractivity (Wildman–Crippen MR) is 78.7 cm³/mol. The number of methoxy groups -OCH3 is 1. The molecule has 1 aromatic rings. The molecule has 1 fully saturated rings. The van der Waals surface area contributed by atoms with Crippen molar-refractivity contribution in [3.05, 3.63) is 40.9 Å². The minimum atomic E-state index is -0.388. The van der Waals surface area contributed by atoms with E-state index in [-0.39, 0.29) is 16.7 Å². The highest BCUT2D eigenvalue weighted by molar-refractivity contribution is 6.46. The summed E-state index contributed by atoms with van der Waals surface area (Å²) in [6.07, 6.45) is 1.17. The third kappa shape index (κ3) is 4.06. The van der Waals surface area contributed by atoms with Gasteiger partial charge in [-0.25, -0.2) is 0 Å². The summed E-state index contributed by atoms with van der Waals surface area (Å²) in [4.78, 5) is 25.7. The van der Waals surface area contributed by atoms with Crippen molar-refractivity contribution >= 4 is 23.3 Å². The first-order valence-electron chi connectivity index (χ1n) is 6.54. The zero-order chi connectivity index (χ0) is 15.2. The fourth-order valence-corrected chi connectivity index (χ4v) is 2.13. The standard InChI is InChI=1S/C15H16ClNO4/c1-20-12-4-2-11(3-5-12)15(19)13(16)10-14(18)17-6-8-21-9-7-17/h2-5,10H,6-9H2,1H3. The van der Waals surface area contributed by atoms with E-state index in [1.165, 1.54) is 6.08 Å². The molecule has 0 aliphatic carbocycles. The van der Waals surface area contributed by atoms with Crippen molar-refractivity contribution in [2.75, 3.05) is 33.4 Å². The fourth-order valence-electron chi connectivity index (χ4n) is 1.93. The van der Waals surface area contributed by atoms with Gasteiger partial charge in [0.2, 0.25) is 11.7 Å². The Kier molecular flexibility index (Phi) is 5.36. The maximum atomic E-state index is 12.1. The number of ether oxygens (including phenoxy) is 2. The number of amides is 1. The Labute approximate surface area is 128 Å². The van der Waals surface area contributed by atoms with E-state index >= 15 is 0 Å². The number of hydrogen-bond acceptors (Lipinski definition) is 4. The molecule has 0 bridgehead atoms. The normalized spacial score (nSPS) is 15.7. The lowest BCUT2D eigenvalue weighted by Crippen LogP contribution is -2.40. The summed E-state index contributed by atoms with van der Waals surface area (Å²) in [5.74, 6) is -0.0119. The molecule has 0 spiro atoms. The smallest absolute Gasteiger partial charge is 0.248 e. The minimum absolute atomic E-state index is 0.100. The van der Waals surface area contributed by atoms with Crippen LogP contribution in [0.1, 0.15) is 10.4 Å². The summed E-state index contributed by atoms with van der Waals surface area (Å²) < 4.78 is 10.2. The largest absolute Gasteiger partial charge is 0.497 e. The van der Waals surface area contributed by atoms with Crippen molar-refractivity contribution in [1.82, 2.24) is 4.90 Å². The van der Waals surface area contributed by atoms with Crippen molar-refractivity contribution in [1.29, 1.82) is 0 Å². The van der Waals surface area contributed by atoms with Gasteiger partial charge in [-0.3, -0.25) is 9.59 Å². The average molecular weight is 310 g/mol. The van der Waals surface area contributed by atoms with Crippen molar-refractivity contribution in [2.24, 2.45) is 0 Å². The van der Waals surface area contributed by atoms with Gasteiger partial charge in [-0.2, -0.15) is 0 Å². The van der Waals surface area contributed by atoms with Gasteiger partial charge >= 0.3 is 0 Å². The number of Topliss-reactive ketones (excluding diaryl/α,β-unsaturated/α-hetero) is 1. The highest BCUT2D eigenvalue weighted by Gasteiger charge is 2.18. The van der Waals surface area contributed by atoms with Crippen molar-refractivity contribution in [3.8, 4) is 5.75 Å². The zero-order valence-electron chi connectivity index (χ0n) is 11.7. The van der Waals surface area contributed by atoms with Crippen LogP contribution in [-0.4, -0.2) is 50.0 Å². The Bertz CT molecular complexity index is 547. The lowest BCUT2D eigenvalue weighted by atomic mass is 10.1. The number of benzene rings is 1. The number of ketones is 1. The SMILES string of the molecule is COc1ccc(C(=O)C(Cl)=CC(=O)N2CCOCC2)cc1. The zero-order valence-corrected chi connectivity index (χ0v) is 12.4. The minimum Gasteiger partial charge on any atom is -0.497 e. The topological polar surface area (TPSA) is 55.8 Å². The molecule has 6 heteroatoms. The van der Waals surface area contributed by atoms with Crippen molar-refractivity contribution in [3.63, 3.8) is 0 Å². The number of allylic oxidation sites excluding steroid dienone is 1. The molecule has 0 saturated carbocycles. The number of halogens is 1. The first kappa shape index (κ1) is 15.5. The molecular weight excluding hydrogens is 294 g/mol. The second-order valence-electron chi connectivity index (χ2n) is 4.49. The Morgan fingerprint density at radius 2 is 1.86 bits per heavy atom. The quantitative estimate of drug-likeness (QED) is 0.629. The van der Waals surface area contributed by atoms with Crippen LogP contribution in [0.3, 0.4) is 0 Å². The Hall–Kier alpha value is -1.85. The third-order valence-electron chi connectivity index (χ3n) is 3.14. The van der Waals surface area contributed by atoms with E-state index in [4.69, 9.17) is 21.1 Å². The van der Waals surface area contributed by atoms with Crippen LogP contribution in [0.2, 0.25) is 0 Å². The van der Waals surface area contributed by atoms with E-state index in [0.717, 1.165) is 0 Å². The number of morpholine rings is 1. The molecule has 0 unspecified atom stereocenters. The van der Waals surface area contributed by atoms with Gasteiger partial charge in [-0.05, 0) is 24.3 Å². The fraction of sp³-hybridized carbons (Fsp3) is 0.333. The van der Waals surface area contributed by atoms with Crippen LogP contribution >= 0.6 is 11.6 Å². The van der Waals surface area contributed by atoms with Crippen LogP contribution in [0, 0.1) is 0 Å². The average Bonchev–Trinajstić information content (AvgIpc) is 2.55. The molecule has 112 valence electrons. The maximum absolute atomic E-state index is 12.1.